The Labute approximate surface area is 98.9 Å². The predicted octanol–water partition coefficient (Wildman–Crippen LogP) is 2.01. The van der Waals surface area contributed by atoms with Crippen molar-refractivity contribution in [1.82, 2.24) is 19.9 Å². The fraction of sp³-hybridized carbons (Fsp3) is 0.273. The molecule has 2 aromatic rings. The molecule has 0 radical (unpaired) electrons. The highest BCUT2D eigenvalue weighted by Crippen LogP contribution is 2.10. The summed E-state index contributed by atoms with van der Waals surface area (Å²) < 4.78 is 1.73. The highest BCUT2D eigenvalue weighted by Gasteiger charge is 2.01. The van der Waals surface area contributed by atoms with Crippen LogP contribution in [0, 0.1) is 0 Å². The molecule has 0 aliphatic rings. The van der Waals surface area contributed by atoms with E-state index in [0.717, 1.165) is 24.3 Å². The van der Waals surface area contributed by atoms with Crippen LogP contribution in [-0.2, 0) is 0 Å². The van der Waals surface area contributed by atoms with Crippen LogP contribution in [0.15, 0.2) is 24.4 Å². The summed E-state index contributed by atoms with van der Waals surface area (Å²) in [5.74, 6) is 0. The van der Waals surface area contributed by atoms with Crippen molar-refractivity contribution >= 4 is 23.3 Å². The molecule has 0 unspecified atom stereocenters. The van der Waals surface area contributed by atoms with Crippen LogP contribution in [0.25, 0.3) is 11.7 Å². The van der Waals surface area contributed by atoms with Crippen molar-refractivity contribution < 1.29 is 0 Å². The molecule has 0 bridgehead atoms. The maximum Gasteiger partial charge on any atom is 0.154 e. The number of nitrogens with zero attached hydrogens (tertiary/aromatic N) is 3. The number of hydrogen-bond acceptors (Lipinski definition) is 3. The molecule has 0 aliphatic carbocycles. The minimum atomic E-state index is 0.468. The van der Waals surface area contributed by atoms with Crippen molar-refractivity contribution in [3.8, 4) is 0 Å². The quantitative estimate of drug-likeness (QED) is 0.826. The standard InChI is InChI=1S/C11H13ClN4/c1-13-7-3-2-4-9-8-14-11-6-5-10(12)15-16(9)11/h2,4-6,8,13H,3,7H2,1H3. The van der Waals surface area contributed by atoms with E-state index in [-0.39, 0.29) is 0 Å². The van der Waals surface area contributed by atoms with Gasteiger partial charge in [0.2, 0.25) is 0 Å². The van der Waals surface area contributed by atoms with E-state index >= 15 is 0 Å². The fourth-order valence-corrected chi connectivity index (χ4v) is 1.55. The van der Waals surface area contributed by atoms with Gasteiger partial charge < -0.3 is 5.32 Å². The van der Waals surface area contributed by atoms with Crippen LogP contribution < -0.4 is 5.32 Å². The molecule has 0 amide bonds. The third kappa shape index (κ3) is 2.40. The van der Waals surface area contributed by atoms with Gasteiger partial charge in [-0.3, -0.25) is 0 Å². The molecule has 2 heterocycles. The third-order valence-electron chi connectivity index (χ3n) is 2.21. The Hall–Kier alpha value is -1.39. The number of rotatable bonds is 4. The lowest BCUT2D eigenvalue weighted by Crippen LogP contribution is -2.05. The second kappa shape index (κ2) is 5.09. The molecule has 5 heteroatoms. The van der Waals surface area contributed by atoms with Crippen LogP contribution in [0.5, 0.6) is 0 Å². The molecule has 0 saturated heterocycles. The average molecular weight is 237 g/mol. The minimum Gasteiger partial charge on any atom is -0.319 e. The molecule has 0 spiro atoms. The first-order valence-electron chi connectivity index (χ1n) is 5.12. The fourth-order valence-electron chi connectivity index (χ4n) is 1.41. The van der Waals surface area contributed by atoms with Crippen LogP contribution in [0.3, 0.4) is 0 Å². The Bertz CT molecular complexity index is 504. The highest BCUT2D eigenvalue weighted by molar-refractivity contribution is 6.29. The van der Waals surface area contributed by atoms with Crippen molar-refractivity contribution in [2.75, 3.05) is 13.6 Å². The summed E-state index contributed by atoms with van der Waals surface area (Å²) in [5, 5.41) is 7.74. The Kier molecular flexibility index (Phi) is 3.54. The van der Waals surface area contributed by atoms with Gasteiger partial charge in [-0.25, -0.2) is 9.50 Å². The molecule has 2 aromatic heterocycles. The summed E-state index contributed by atoms with van der Waals surface area (Å²) in [6.45, 7) is 0.960. The summed E-state index contributed by atoms with van der Waals surface area (Å²) in [5.41, 5.74) is 1.74. The van der Waals surface area contributed by atoms with Crippen molar-refractivity contribution in [2.45, 2.75) is 6.42 Å². The summed E-state index contributed by atoms with van der Waals surface area (Å²) in [4.78, 5) is 4.23. The van der Waals surface area contributed by atoms with Crippen LogP contribution in [0.4, 0.5) is 0 Å². The van der Waals surface area contributed by atoms with Gasteiger partial charge >= 0.3 is 0 Å². The van der Waals surface area contributed by atoms with E-state index in [1.165, 1.54) is 0 Å². The van der Waals surface area contributed by atoms with E-state index in [1.807, 2.05) is 19.2 Å². The molecular weight excluding hydrogens is 224 g/mol. The molecule has 1 N–H and O–H groups in total. The van der Waals surface area contributed by atoms with Gasteiger partial charge in [-0.1, -0.05) is 17.7 Å². The van der Waals surface area contributed by atoms with Crippen molar-refractivity contribution in [3.05, 3.63) is 35.3 Å². The Balaban J connectivity index is 2.24. The summed E-state index contributed by atoms with van der Waals surface area (Å²) in [6.07, 6.45) is 6.85. The van der Waals surface area contributed by atoms with E-state index < -0.39 is 0 Å². The maximum absolute atomic E-state index is 5.84. The number of halogens is 1. The van der Waals surface area contributed by atoms with E-state index in [0.29, 0.717) is 5.15 Å². The average Bonchev–Trinajstić information content (AvgIpc) is 2.67. The minimum absolute atomic E-state index is 0.468. The monoisotopic (exact) mass is 236 g/mol. The Morgan fingerprint density at radius 2 is 2.38 bits per heavy atom. The maximum atomic E-state index is 5.84. The van der Waals surface area contributed by atoms with Gasteiger partial charge in [0, 0.05) is 0 Å². The highest BCUT2D eigenvalue weighted by atomic mass is 35.5. The first kappa shape index (κ1) is 11.1. The predicted molar refractivity (Wildman–Crippen MR) is 65.6 cm³/mol. The lowest BCUT2D eigenvalue weighted by Gasteiger charge is -1.96. The van der Waals surface area contributed by atoms with Gasteiger partial charge in [-0.15, -0.1) is 0 Å². The van der Waals surface area contributed by atoms with Gasteiger partial charge in [0.25, 0.3) is 0 Å². The number of imidazole rings is 1. The van der Waals surface area contributed by atoms with Crippen molar-refractivity contribution in [2.24, 2.45) is 0 Å². The van der Waals surface area contributed by atoms with Crippen molar-refractivity contribution in [1.29, 1.82) is 0 Å². The number of hydrogen-bond donors (Lipinski definition) is 1. The lowest BCUT2D eigenvalue weighted by atomic mass is 10.3. The smallest absolute Gasteiger partial charge is 0.154 e. The van der Waals surface area contributed by atoms with Crippen LogP contribution >= 0.6 is 11.6 Å². The van der Waals surface area contributed by atoms with Gasteiger partial charge in [0.15, 0.2) is 5.65 Å². The molecule has 0 atom stereocenters. The zero-order valence-corrected chi connectivity index (χ0v) is 9.78. The number of nitrogens with one attached hydrogen (secondary N) is 1. The first-order chi connectivity index (χ1) is 7.81. The summed E-state index contributed by atoms with van der Waals surface area (Å²) in [7, 11) is 1.93. The molecule has 0 saturated carbocycles. The SMILES string of the molecule is CNCCC=Cc1cnc2ccc(Cl)nn12. The molecule has 2 rings (SSSR count). The summed E-state index contributed by atoms with van der Waals surface area (Å²) in [6, 6.07) is 3.58. The number of aromatic nitrogens is 3. The molecule has 0 aromatic carbocycles. The number of fused-ring (bicyclic) bond motifs is 1. The Morgan fingerprint density at radius 3 is 3.19 bits per heavy atom. The van der Waals surface area contributed by atoms with Crippen molar-refractivity contribution in [3.63, 3.8) is 0 Å². The van der Waals surface area contributed by atoms with E-state index in [4.69, 9.17) is 11.6 Å². The Morgan fingerprint density at radius 1 is 1.50 bits per heavy atom. The van der Waals surface area contributed by atoms with Gasteiger partial charge in [-0.2, -0.15) is 5.10 Å². The topological polar surface area (TPSA) is 42.2 Å². The van der Waals surface area contributed by atoms with Crippen LogP contribution in [0.2, 0.25) is 5.15 Å². The zero-order valence-electron chi connectivity index (χ0n) is 9.02. The van der Waals surface area contributed by atoms with E-state index in [9.17, 15) is 0 Å². The van der Waals surface area contributed by atoms with Crippen LogP contribution in [0.1, 0.15) is 12.1 Å². The molecule has 0 aliphatic heterocycles. The third-order valence-corrected chi connectivity index (χ3v) is 2.41. The van der Waals surface area contributed by atoms with Gasteiger partial charge in [0.1, 0.15) is 5.15 Å². The molecule has 16 heavy (non-hydrogen) atoms. The van der Waals surface area contributed by atoms with E-state index in [1.54, 1.807) is 16.8 Å². The summed E-state index contributed by atoms with van der Waals surface area (Å²) >= 11 is 5.84. The zero-order chi connectivity index (χ0) is 11.4. The first-order valence-corrected chi connectivity index (χ1v) is 5.50. The lowest BCUT2D eigenvalue weighted by molar-refractivity contribution is 0.809. The second-order valence-corrected chi connectivity index (χ2v) is 3.79. The second-order valence-electron chi connectivity index (χ2n) is 3.40. The van der Waals surface area contributed by atoms with Gasteiger partial charge in [-0.05, 0) is 38.2 Å². The van der Waals surface area contributed by atoms with Gasteiger partial charge in [0.05, 0.1) is 11.9 Å². The molecule has 0 fully saturated rings. The molecule has 84 valence electrons. The normalized spacial score (nSPS) is 11.6. The largest absolute Gasteiger partial charge is 0.319 e. The molecular formula is C11H13ClN4. The van der Waals surface area contributed by atoms with Crippen LogP contribution in [-0.4, -0.2) is 28.2 Å². The van der Waals surface area contributed by atoms with E-state index in [2.05, 4.69) is 21.5 Å². The molecule has 4 nitrogen and oxygen atoms in total.